The van der Waals surface area contributed by atoms with E-state index in [0.29, 0.717) is 11.3 Å². The smallest absolute Gasteiger partial charge is 0.313 e. The molecule has 2 heterocycles. The van der Waals surface area contributed by atoms with Gasteiger partial charge < -0.3 is 4.74 Å². The van der Waals surface area contributed by atoms with Crippen LogP contribution in [0.2, 0.25) is 0 Å². The molecule has 2 bridgehead atoms. The van der Waals surface area contributed by atoms with Gasteiger partial charge in [0.15, 0.2) is 5.41 Å². The van der Waals surface area contributed by atoms with Gasteiger partial charge in [0.2, 0.25) is 5.41 Å². The Morgan fingerprint density at radius 2 is 1.69 bits per heavy atom. The Kier molecular flexibility index (Phi) is 5.08. The lowest BCUT2D eigenvalue weighted by Crippen LogP contribution is -2.63. The third-order valence-corrected chi connectivity index (χ3v) is 9.65. The fourth-order valence-corrected chi connectivity index (χ4v) is 8.84. The van der Waals surface area contributed by atoms with E-state index in [-0.39, 0.29) is 0 Å². The van der Waals surface area contributed by atoms with E-state index in [1.807, 2.05) is 37.3 Å². The van der Waals surface area contributed by atoms with Crippen LogP contribution >= 0.6 is 23.5 Å². The molecule has 0 amide bonds. The predicted octanol–water partition coefficient (Wildman–Crippen LogP) is 3.73. The molecule has 1 aromatic carbocycles. The van der Waals surface area contributed by atoms with Crippen LogP contribution in [0, 0.1) is 62.1 Å². The molecule has 2 aliphatic rings. The van der Waals surface area contributed by atoms with Crippen molar-refractivity contribution in [3.63, 3.8) is 0 Å². The van der Waals surface area contributed by atoms with Gasteiger partial charge in [-0.05, 0) is 26.3 Å². The highest BCUT2D eigenvalue weighted by molar-refractivity contribution is 8.21. The Balaban J connectivity index is 2.39. The van der Waals surface area contributed by atoms with Gasteiger partial charge in [0.25, 0.3) is 0 Å². The zero-order chi connectivity index (χ0) is 21.5. The van der Waals surface area contributed by atoms with Crippen molar-refractivity contribution in [1.82, 2.24) is 0 Å². The summed E-state index contributed by atoms with van der Waals surface area (Å²) in [5.74, 6) is -1.58. The fraction of sp³-hybridized carbons (Fsp3) is 0.476. The first-order chi connectivity index (χ1) is 13.7. The van der Waals surface area contributed by atoms with Gasteiger partial charge in [0.05, 0.1) is 30.4 Å². The summed E-state index contributed by atoms with van der Waals surface area (Å²) in [7, 11) is 0. The van der Waals surface area contributed by atoms with Crippen molar-refractivity contribution in [1.29, 1.82) is 21.0 Å². The number of rotatable bonds is 3. The zero-order valence-corrected chi connectivity index (χ0v) is 17.8. The quantitative estimate of drug-likeness (QED) is 0.675. The third kappa shape index (κ3) is 2.50. The van der Waals surface area contributed by atoms with E-state index in [2.05, 4.69) is 0 Å². The molecule has 0 aliphatic carbocycles. The first kappa shape index (κ1) is 21.1. The van der Waals surface area contributed by atoms with E-state index < -0.39 is 37.6 Å². The third-order valence-electron chi connectivity index (χ3n) is 5.50. The number of carbonyl (C=O) groups is 1. The number of hydrogen-bond acceptors (Lipinski definition) is 8. The molecule has 2 aliphatic heterocycles. The summed E-state index contributed by atoms with van der Waals surface area (Å²) in [6.45, 7) is 5.16. The number of ether oxygens (including phenoxy) is 1. The van der Waals surface area contributed by atoms with Crippen LogP contribution in [0.1, 0.15) is 26.3 Å². The van der Waals surface area contributed by atoms with Crippen molar-refractivity contribution in [2.75, 3.05) is 5.75 Å². The highest BCUT2D eigenvalue weighted by Gasteiger charge is 2.82. The van der Waals surface area contributed by atoms with Crippen molar-refractivity contribution in [2.24, 2.45) is 16.7 Å². The lowest BCUT2D eigenvalue weighted by Gasteiger charge is -2.53. The van der Waals surface area contributed by atoms with Crippen LogP contribution in [0.5, 0.6) is 0 Å². The Bertz CT molecular complexity index is 986. The summed E-state index contributed by atoms with van der Waals surface area (Å²) < 4.78 is 3.35. The van der Waals surface area contributed by atoms with Crippen molar-refractivity contribution in [2.45, 2.75) is 35.7 Å². The molecule has 0 radical (unpaired) electrons. The maximum absolute atomic E-state index is 13.1. The monoisotopic (exact) mass is 422 g/mol. The second kappa shape index (κ2) is 7.00. The second-order valence-corrected chi connectivity index (χ2v) is 10.8. The Hall–Kier alpha value is -2.65. The van der Waals surface area contributed by atoms with Gasteiger partial charge in [-0.25, -0.2) is 0 Å². The summed E-state index contributed by atoms with van der Waals surface area (Å²) in [6.07, 6.45) is -0.459. The summed E-state index contributed by atoms with van der Waals surface area (Å²) in [5.41, 5.74) is -3.61. The molecule has 29 heavy (non-hydrogen) atoms. The lowest BCUT2D eigenvalue weighted by atomic mass is 9.54. The molecule has 0 unspecified atom stereocenters. The highest BCUT2D eigenvalue weighted by Crippen LogP contribution is 2.78. The minimum absolute atomic E-state index is 0.390. The second-order valence-electron chi connectivity index (χ2n) is 7.61. The zero-order valence-electron chi connectivity index (χ0n) is 16.2. The van der Waals surface area contributed by atoms with Crippen LogP contribution in [-0.4, -0.2) is 22.6 Å². The first-order valence-electron chi connectivity index (χ1n) is 8.97. The van der Waals surface area contributed by atoms with E-state index in [0.717, 1.165) is 0 Å². The van der Waals surface area contributed by atoms with Crippen molar-refractivity contribution < 1.29 is 9.53 Å². The molecule has 8 heteroatoms. The summed E-state index contributed by atoms with van der Waals surface area (Å²) in [5, 5.41) is 41.1. The predicted molar refractivity (Wildman–Crippen MR) is 109 cm³/mol. The molecule has 0 aromatic heterocycles. The molecule has 6 nitrogen and oxygen atoms in total. The molecular weight excluding hydrogens is 404 g/mol. The largest absolute Gasteiger partial charge is 0.463 e. The average molecular weight is 423 g/mol. The van der Waals surface area contributed by atoms with Crippen LogP contribution in [0.15, 0.2) is 30.3 Å². The number of hydrogen-bond donors (Lipinski definition) is 0. The van der Waals surface area contributed by atoms with Gasteiger partial charge in [-0.3, -0.25) is 4.79 Å². The first-order valence-corrected chi connectivity index (χ1v) is 10.8. The van der Waals surface area contributed by atoms with Gasteiger partial charge in [-0.2, -0.15) is 21.0 Å². The molecule has 0 spiro atoms. The number of fused-ring (bicyclic) bond motifs is 2. The Labute approximate surface area is 178 Å². The lowest BCUT2D eigenvalue weighted by molar-refractivity contribution is -0.158. The van der Waals surface area contributed by atoms with Crippen molar-refractivity contribution in [3.8, 4) is 24.3 Å². The molecule has 3 atom stereocenters. The molecular formula is C21H18N4O2S2. The van der Waals surface area contributed by atoms with Crippen LogP contribution < -0.4 is 0 Å². The molecule has 0 N–H and O–H groups in total. The van der Waals surface area contributed by atoms with E-state index in [1.54, 1.807) is 38.1 Å². The highest BCUT2D eigenvalue weighted by atomic mass is 32.2. The average Bonchev–Trinajstić information content (AvgIpc) is 3.04. The Morgan fingerprint density at radius 1 is 1.10 bits per heavy atom. The van der Waals surface area contributed by atoms with E-state index >= 15 is 0 Å². The number of nitrogens with zero attached hydrogens (tertiary/aromatic N) is 4. The molecule has 1 aromatic rings. The minimum atomic E-state index is -2.19. The topological polar surface area (TPSA) is 121 Å². The van der Waals surface area contributed by atoms with Gasteiger partial charge in [-0.15, -0.1) is 23.5 Å². The van der Waals surface area contributed by atoms with Crippen LogP contribution in [0.4, 0.5) is 0 Å². The van der Waals surface area contributed by atoms with E-state index in [9.17, 15) is 25.8 Å². The van der Waals surface area contributed by atoms with Crippen LogP contribution in [-0.2, 0) is 13.6 Å². The number of thioether (sulfide) groups is 2. The molecule has 2 saturated heterocycles. The van der Waals surface area contributed by atoms with E-state index in [4.69, 9.17) is 4.74 Å². The van der Waals surface area contributed by atoms with Gasteiger partial charge in [0.1, 0.15) is 10.00 Å². The van der Waals surface area contributed by atoms with E-state index in [1.165, 1.54) is 23.5 Å². The number of esters is 1. The van der Waals surface area contributed by atoms with Crippen LogP contribution in [0.25, 0.3) is 0 Å². The molecule has 146 valence electrons. The summed E-state index contributed by atoms with van der Waals surface area (Å²) in [4.78, 5) is 13.1. The maximum atomic E-state index is 13.1. The van der Waals surface area contributed by atoms with Crippen molar-refractivity contribution >= 4 is 29.5 Å². The summed E-state index contributed by atoms with van der Waals surface area (Å²) in [6, 6.07) is 16.9. The standard InChI is InChI=1S/C21H18N4O2S2/c1-14(2)27-17(26)16-18(3)13-28-21(29-18,15-7-5-4-6-8-15)20(11-24,12-25)19(16,9-22)10-23/h4-8,14,16H,13H2,1-3H3/t16-,18+,21-/m0/s1. The normalized spacial score (nSPS) is 31.0. The Morgan fingerprint density at radius 3 is 2.17 bits per heavy atom. The SMILES string of the molecule is CC(C)OC(=O)[C@@H]1C(C#N)(C#N)C(C#N)(C#N)[C@@]2(c3ccccc3)SC[C@@]1(C)S2. The minimum Gasteiger partial charge on any atom is -0.463 e. The maximum Gasteiger partial charge on any atom is 0.313 e. The molecule has 0 saturated carbocycles. The van der Waals surface area contributed by atoms with Gasteiger partial charge in [-0.1, -0.05) is 30.3 Å². The number of benzene rings is 1. The van der Waals surface area contributed by atoms with Crippen molar-refractivity contribution in [3.05, 3.63) is 35.9 Å². The van der Waals surface area contributed by atoms with Gasteiger partial charge in [0, 0.05) is 10.5 Å². The molecule has 2 fully saturated rings. The molecule has 3 rings (SSSR count). The van der Waals surface area contributed by atoms with Gasteiger partial charge >= 0.3 is 5.97 Å². The number of carbonyl (C=O) groups excluding carboxylic acids is 1. The fourth-order valence-electron chi connectivity index (χ4n) is 4.31. The summed E-state index contributed by atoms with van der Waals surface area (Å²) >= 11 is 2.67. The number of nitriles is 4. The van der Waals surface area contributed by atoms with Crippen LogP contribution in [0.3, 0.4) is 0 Å².